The first-order valence-electron chi connectivity index (χ1n) is 7.52. The number of hydrogen-bond donors (Lipinski definition) is 0. The number of ketones is 1. The van der Waals surface area contributed by atoms with Gasteiger partial charge in [0.15, 0.2) is 5.78 Å². The molecule has 108 valence electrons. The molecule has 0 heterocycles. The molecule has 1 fully saturated rings. The molecule has 1 aromatic carbocycles. The molecule has 1 aliphatic carbocycles. The summed E-state index contributed by atoms with van der Waals surface area (Å²) in [4.78, 5) is 14.8. The Kier molecular flexibility index (Phi) is 5.13. The third-order valence-corrected chi connectivity index (χ3v) is 3.90. The number of nitrogens with zero attached hydrogens (tertiary/aromatic N) is 1. The minimum absolute atomic E-state index is 0.170. The molecular formula is C18H25NO. The SMILES string of the molecule is Cc1cccc(/C=C2\CCCCC(CN(C)C)C2=O)c1. The Bertz CT molecular complexity index is 502. The lowest BCUT2D eigenvalue weighted by Gasteiger charge is -2.18. The average molecular weight is 271 g/mol. The van der Waals surface area contributed by atoms with Crippen LogP contribution in [-0.4, -0.2) is 31.3 Å². The van der Waals surface area contributed by atoms with Crippen LogP contribution in [0.3, 0.4) is 0 Å². The van der Waals surface area contributed by atoms with Crippen LogP contribution in [0.15, 0.2) is 29.8 Å². The van der Waals surface area contributed by atoms with Crippen LogP contribution in [0.25, 0.3) is 6.08 Å². The van der Waals surface area contributed by atoms with Gasteiger partial charge >= 0.3 is 0 Å². The largest absolute Gasteiger partial charge is 0.309 e. The molecule has 0 radical (unpaired) electrons. The molecule has 1 atom stereocenters. The summed E-state index contributed by atoms with van der Waals surface area (Å²) in [5, 5.41) is 0. The quantitative estimate of drug-likeness (QED) is 0.617. The van der Waals surface area contributed by atoms with Gasteiger partial charge in [0, 0.05) is 12.5 Å². The fourth-order valence-corrected chi connectivity index (χ4v) is 2.94. The molecule has 2 nitrogen and oxygen atoms in total. The first kappa shape index (κ1) is 15.0. The van der Waals surface area contributed by atoms with E-state index in [-0.39, 0.29) is 5.92 Å². The zero-order chi connectivity index (χ0) is 14.5. The van der Waals surface area contributed by atoms with Gasteiger partial charge in [-0.1, -0.05) is 36.2 Å². The van der Waals surface area contributed by atoms with Crippen LogP contribution in [0.1, 0.15) is 36.8 Å². The van der Waals surface area contributed by atoms with E-state index in [4.69, 9.17) is 0 Å². The van der Waals surface area contributed by atoms with Gasteiger partial charge in [-0.05, 0) is 57.5 Å². The fourth-order valence-electron chi connectivity index (χ4n) is 2.94. The summed E-state index contributed by atoms with van der Waals surface area (Å²) in [6.45, 7) is 2.95. The number of allylic oxidation sites excluding steroid dienone is 1. The molecule has 0 spiro atoms. The highest BCUT2D eigenvalue weighted by Crippen LogP contribution is 2.26. The molecule has 1 aliphatic rings. The minimum Gasteiger partial charge on any atom is -0.309 e. The standard InChI is InChI=1S/C18H25NO/c1-14-7-6-8-15(11-14)12-16-9-4-5-10-17(18(16)20)13-19(2)3/h6-8,11-12,17H,4-5,9-10,13H2,1-3H3/b16-12+. The van der Waals surface area contributed by atoms with Crippen LogP contribution >= 0.6 is 0 Å². The second kappa shape index (κ2) is 6.85. The number of aryl methyl sites for hydroxylation is 1. The van der Waals surface area contributed by atoms with Crippen molar-refractivity contribution in [2.45, 2.75) is 32.6 Å². The van der Waals surface area contributed by atoms with E-state index in [1.165, 1.54) is 5.56 Å². The van der Waals surface area contributed by atoms with E-state index in [0.29, 0.717) is 5.78 Å². The summed E-state index contributed by atoms with van der Waals surface area (Å²) in [6.07, 6.45) is 6.35. The summed E-state index contributed by atoms with van der Waals surface area (Å²) in [5.41, 5.74) is 3.41. The Labute approximate surface area is 122 Å². The molecule has 2 rings (SSSR count). The van der Waals surface area contributed by atoms with Crippen molar-refractivity contribution >= 4 is 11.9 Å². The zero-order valence-electron chi connectivity index (χ0n) is 12.9. The first-order valence-corrected chi connectivity index (χ1v) is 7.52. The van der Waals surface area contributed by atoms with Crippen molar-refractivity contribution in [2.24, 2.45) is 5.92 Å². The third kappa shape index (κ3) is 4.04. The predicted octanol–water partition coefficient (Wildman–Crippen LogP) is 3.70. The number of carbonyl (C=O) groups excluding carboxylic acids is 1. The number of Topliss-reactive ketones (excluding diaryl/α,β-unsaturated/α-hetero) is 1. The molecule has 2 heteroatoms. The molecule has 0 aliphatic heterocycles. The smallest absolute Gasteiger partial charge is 0.163 e. The Morgan fingerprint density at radius 1 is 1.30 bits per heavy atom. The van der Waals surface area contributed by atoms with E-state index in [2.05, 4.69) is 42.2 Å². The van der Waals surface area contributed by atoms with Crippen molar-refractivity contribution in [1.82, 2.24) is 4.90 Å². The molecular weight excluding hydrogens is 246 g/mol. The highest BCUT2D eigenvalue weighted by atomic mass is 16.1. The summed E-state index contributed by atoms with van der Waals surface area (Å²) >= 11 is 0. The second-order valence-electron chi connectivity index (χ2n) is 6.15. The first-order chi connectivity index (χ1) is 9.56. The Morgan fingerprint density at radius 2 is 2.10 bits per heavy atom. The molecule has 0 N–H and O–H groups in total. The topological polar surface area (TPSA) is 20.3 Å². The van der Waals surface area contributed by atoms with Gasteiger partial charge < -0.3 is 4.90 Å². The van der Waals surface area contributed by atoms with E-state index in [1.807, 2.05) is 14.1 Å². The van der Waals surface area contributed by atoms with Crippen molar-refractivity contribution in [1.29, 1.82) is 0 Å². The molecule has 0 amide bonds. The van der Waals surface area contributed by atoms with Crippen molar-refractivity contribution in [3.63, 3.8) is 0 Å². The van der Waals surface area contributed by atoms with Crippen LogP contribution in [0, 0.1) is 12.8 Å². The van der Waals surface area contributed by atoms with Crippen LogP contribution < -0.4 is 0 Å². The highest BCUT2D eigenvalue weighted by Gasteiger charge is 2.25. The number of benzene rings is 1. The van der Waals surface area contributed by atoms with Gasteiger partial charge in [0.2, 0.25) is 0 Å². The van der Waals surface area contributed by atoms with Crippen LogP contribution in [0.4, 0.5) is 0 Å². The summed E-state index contributed by atoms with van der Waals surface area (Å²) < 4.78 is 0. The summed E-state index contributed by atoms with van der Waals surface area (Å²) in [7, 11) is 4.09. The van der Waals surface area contributed by atoms with Gasteiger partial charge in [0.25, 0.3) is 0 Å². The molecule has 1 aromatic rings. The maximum Gasteiger partial charge on any atom is 0.163 e. The number of carbonyl (C=O) groups is 1. The van der Waals surface area contributed by atoms with Crippen LogP contribution in [-0.2, 0) is 4.79 Å². The Morgan fingerprint density at radius 3 is 2.80 bits per heavy atom. The van der Waals surface area contributed by atoms with Gasteiger partial charge in [-0.25, -0.2) is 0 Å². The summed E-state index contributed by atoms with van der Waals surface area (Å²) in [6, 6.07) is 8.37. The molecule has 20 heavy (non-hydrogen) atoms. The van der Waals surface area contributed by atoms with Crippen molar-refractivity contribution in [3.8, 4) is 0 Å². The maximum absolute atomic E-state index is 12.7. The Hall–Kier alpha value is -1.41. The van der Waals surface area contributed by atoms with Gasteiger partial charge in [0.05, 0.1) is 0 Å². The van der Waals surface area contributed by atoms with E-state index < -0.39 is 0 Å². The number of hydrogen-bond acceptors (Lipinski definition) is 2. The lowest BCUT2D eigenvalue weighted by Crippen LogP contribution is -2.27. The lowest BCUT2D eigenvalue weighted by atomic mass is 9.94. The zero-order valence-corrected chi connectivity index (χ0v) is 12.9. The highest BCUT2D eigenvalue weighted by molar-refractivity contribution is 6.01. The van der Waals surface area contributed by atoms with Crippen molar-refractivity contribution < 1.29 is 4.79 Å². The van der Waals surface area contributed by atoms with E-state index in [1.54, 1.807) is 0 Å². The molecule has 1 saturated carbocycles. The molecule has 0 aromatic heterocycles. The van der Waals surface area contributed by atoms with E-state index in [0.717, 1.165) is 43.4 Å². The minimum atomic E-state index is 0.170. The molecule has 0 bridgehead atoms. The fraction of sp³-hybridized carbons (Fsp3) is 0.500. The Balaban J connectivity index is 2.22. The van der Waals surface area contributed by atoms with Crippen molar-refractivity contribution in [3.05, 3.63) is 41.0 Å². The van der Waals surface area contributed by atoms with Gasteiger partial charge in [-0.2, -0.15) is 0 Å². The normalized spacial score (nSPS) is 22.3. The lowest BCUT2D eigenvalue weighted by molar-refractivity contribution is -0.119. The van der Waals surface area contributed by atoms with Crippen molar-refractivity contribution in [2.75, 3.05) is 20.6 Å². The van der Waals surface area contributed by atoms with E-state index in [9.17, 15) is 4.79 Å². The average Bonchev–Trinajstić information content (AvgIpc) is 2.54. The second-order valence-corrected chi connectivity index (χ2v) is 6.15. The summed E-state index contributed by atoms with van der Waals surface area (Å²) in [5.74, 6) is 0.529. The maximum atomic E-state index is 12.7. The third-order valence-electron chi connectivity index (χ3n) is 3.90. The van der Waals surface area contributed by atoms with Gasteiger partial charge in [-0.3, -0.25) is 4.79 Å². The van der Waals surface area contributed by atoms with Gasteiger partial charge in [-0.15, -0.1) is 0 Å². The monoisotopic (exact) mass is 271 g/mol. The van der Waals surface area contributed by atoms with Crippen LogP contribution in [0.5, 0.6) is 0 Å². The predicted molar refractivity (Wildman–Crippen MR) is 84.7 cm³/mol. The molecule has 0 saturated heterocycles. The molecule has 1 unspecified atom stereocenters. The van der Waals surface area contributed by atoms with Crippen LogP contribution in [0.2, 0.25) is 0 Å². The van der Waals surface area contributed by atoms with Gasteiger partial charge in [0.1, 0.15) is 0 Å². The van der Waals surface area contributed by atoms with E-state index >= 15 is 0 Å². The number of rotatable bonds is 3.